The molecule has 0 aliphatic heterocycles. The molecule has 2 aromatic heterocycles. The van der Waals surface area contributed by atoms with E-state index in [1.54, 1.807) is 6.07 Å². The zero-order valence-electron chi connectivity index (χ0n) is 31.6. The van der Waals surface area contributed by atoms with Gasteiger partial charge in [0.1, 0.15) is 11.6 Å². The number of nitrogens with zero attached hydrogens (tertiary/aromatic N) is 3. The average molecular weight is 886 g/mol. The van der Waals surface area contributed by atoms with Gasteiger partial charge in [0.2, 0.25) is 0 Å². The Morgan fingerprint density at radius 2 is 1.26 bits per heavy atom. The first-order valence-electron chi connectivity index (χ1n) is 18.3. The van der Waals surface area contributed by atoms with Crippen molar-refractivity contribution in [3.05, 3.63) is 168 Å². The predicted molar refractivity (Wildman–Crippen MR) is 220 cm³/mol. The number of benzene rings is 6. The average Bonchev–Trinajstić information content (AvgIpc) is 3.54. The van der Waals surface area contributed by atoms with E-state index < -0.39 is 0 Å². The summed E-state index contributed by atoms with van der Waals surface area (Å²) in [6.45, 7) is 13.4. The number of phenolic OH excluding ortho intramolecular Hbond substituents is 1. The maximum Gasteiger partial charge on any atom is 0.148 e. The van der Waals surface area contributed by atoms with Gasteiger partial charge >= 0.3 is 0 Å². The molecule has 0 radical (unpaired) electrons. The van der Waals surface area contributed by atoms with E-state index in [1.165, 1.54) is 22.3 Å². The molecular formula is C49H44N3OPt-. The van der Waals surface area contributed by atoms with E-state index in [2.05, 4.69) is 155 Å². The molecule has 0 spiro atoms. The summed E-state index contributed by atoms with van der Waals surface area (Å²) in [5.74, 6) is 0.872. The van der Waals surface area contributed by atoms with Crippen molar-refractivity contribution in [1.82, 2.24) is 14.5 Å². The fraction of sp³-hybridized carbons (Fsp3) is 0.184. The van der Waals surface area contributed by atoms with Crippen molar-refractivity contribution in [3.63, 3.8) is 0 Å². The van der Waals surface area contributed by atoms with E-state index in [-0.39, 0.29) is 37.6 Å². The molecule has 0 unspecified atom stereocenters. The molecule has 0 bridgehead atoms. The van der Waals surface area contributed by atoms with Crippen molar-refractivity contribution in [2.24, 2.45) is 0 Å². The third-order valence-electron chi connectivity index (χ3n) is 10.2. The van der Waals surface area contributed by atoms with Crippen LogP contribution >= 0.6 is 0 Å². The van der Waals surface area contributed by atoms with Crippen molar-refractivity contribution in [2.75, 3.05) is 0 Å². The number of para-hydroxylation sites is 2. The van der Waals surface area contributed by atoms with Gasteiger partial charge in [-0.25, -0.2) is 4.98 Å². The van der Waals surface area contributed by atoms with Crippen LogP contribution in [-0.2, 0) is 38.3 Å². The maximum atomic E-state index is 11.1. The molecule has 0 saturated heterocycles. The molecule has 0 atom stereocenters. The molecule has 0 aliphatic carbocycles. The second-order valence-corrected chi connectivity index (χ2v) is 16.1. The second-order valence-electron chi connectivity index (χ2n) is 16.1. The smallest absolute Gasteiger partial charge is 0.148 e. The van der Waals surface area contributed by atoms with E-state index in [0.29, 0.717) is 11.4 Å². The Balaban J connectivity index is 0.00000450. The van der Waals surface area contributed by atoms with Crippen molar-refractivity contribution in [3.8, 4) is 45.1 Å². The van der Waals surface area contributed by atoms with Crippen LogP contribution in [0.1, 0.15) is 63.8 Å². The van der Waals surface area contributed by atoms with Gasteiger partial charge in [0.25, 0.3) is 0 Å². The van der Waals surface area contributed by atoms with Crippen LogP contribution in [0.4, 0.5) is 0 Å². The Hall–Kier alpha value is -5.31. The molecule has 2 heterocycles. The molecule has 8 rings (SSSR count). The van der Waals surface area contributed by atoms with Crippen LogP contribution in [0.2, 0.25) is 0 Å². The van der Waals surface area contributed by atoms with Crippen LogP contribution < -0.4 is 0 Å². The SMILES string of the molecule is CC(C)(C)c1ccc(-n2c(-c3ccccc3O)nc3c(-c4[c-]c(-c5cc(C(C)(C)C)cc6cccnc56)cc(Cc5ccccc5)c4)cccc32)cc1.[Pt]. The van der Waals surface area contributed by atoms with Crippen molar-refractivity contribution in [2.45, 2.75) is 58.8 Å². The van der Waals surface area contributed by atoms with Gasteiger partial charge in [0, 0.05) is 38.5 Å². The van der Waals surface area contributed by atoms with Crippen LogP contribution in [0.25, 0.3) is 61.3 Å². The zero-order valence-corrected chi connectivity index (χ0v) is 33.9. The van der Waals surface area contributed by atoms with Crippen molar-refractivity contribution in [1.29, 1.82) is 0 Å². The van der Waals surface area contributed by atoms with Crippen LogP contribution in [0.15, 0.2) is 140 Å². The van der Waals surface area contributed by atoms with E-state index in [0.717, 1.165) is 56.3 Å². The maximum absolute atomic E-state index is 11.1. The Labute approximate surface area is 332 Å². The van der Waals surface area contributed by atoms with E-state index >= 15 is 0 Å². The molecule has 0 amide bonds. The summed E-state index contributed by atoms with van der Waals surface area (Å²) in [5.41, 5.74) is 13.3. The Morgan fingerprint density at radius 1 is 0.593 bits per heavy atom. The fourth-order valence-electron chi connectivity index (χ4n) is 7.22. The third kappa shape index (κ3) is 7.16. The number of fused-ring (bicyclic) bond motifs is 2. The number of aromatic nitrogens is 3. The summed E-state index contributed by atoms with van der Waals surface area (Å²) < 4.78 is 2.17. The number of phenols is 1. The summed E-state index contributed by atoms with van der Waals surface area (Å²) in [5, 5.41) is 12.3. The molecule has 0 saturated carbocycles. The minimum Gasteiger partial charge on any atom is -0.507 e. The topological polar surface area (TPSA) is 50.9 Å². The summed E-state index contributed by atoms with van der Waals surface area (Å²) in [7, 11) is 0. The van der Waals surface area contributed by atoms with Gasteiger partial charge in [-0.05, 0) is 75.7 Å². The van der Waals surface area contributed by atoms with Crippen LogP contribution in [0, 0.1) is 6.07 Å². The second kappa shape index (κ2) is 14.5. The first-order valence-corrected chi connectivity index (χ1v) is 18.3. The standard InChI is InChI=1S/C49H44N3O.Pt/c1-48(2,3)37-21-23-39(24-22-37)52-43-19-12-18-40(46(43)51-47(52)41-17-10-11-20-44(41)53)35-27-33(26-32-14-8-7-9-15-32)28-36(29-35)42-31-38(49(4,5)6)30-34-16-13-25-50-45(34)42;/h7-25,27-28,30-31,53H,26H2,1-6H3;/q-1;. The van der Waals surface area contributed by atoms with Crippen molar-refractivity contribution >= 4 is 21.9 Å². The monoisotopic (exact) mass is 885 g/mol. The number of hydrogen-bond acceptors (Lipinski definition) is 3. The van der Waals surface area contributed by atoms with Gasteiger partial charge in [0.15, 0.2) is 0 Å². The summed E-state index contributed by atoms with van der Waals surface area (Å²) >= 11 is 0. The van der Waals surface area contributed by atoms with E-state index in [1.807, 2.05) is 30.5 Å². The molecule has 0 aliphatic rings. The van der Waals surface area contributed by atoms with Gasteiger partial charge in [0.05, 0.1) is 16.6 Å². The van der Waals surface area contributed by atoms with Gasteiger partial charge in [-0.3, -0.25) is 9.55 Å². The van der Waals surface area contributed by atoms with E-state index in [4.69, 9.17) is 9.97 Å². The quantitative estimate of drug-likeness (QED) is 0.169. The summed E-state index contributed by atoms with van der Waals surface area (Å²) in [6.07, 6.45) is 2.65. The first-order chi connectivity index (χ1) is 25.4. The van der Waals surface area contributed by atoms with Crippen LogP contribution in [0.3, 0.4) is 0 Å². The molecule has 54 heavy (non-hydrogen) atoms. The number of hydrogen-bond donors (Lipinski definition) is 1. The normalized spacial score (nSPS) is 11.9. The molecule has 0 fully saturated rings. The van der Waals surface area contributed by atoms with Gasteiger partial charge in [-0.15, -0.1) is 34.9 Å². The third-order valence-corrected chi connectivity index (χ3v) is 10.2. The largest absolute Gasteiger partial charge is 0.507 e. The molecule has 4 nitrogen and oxygen atoms in total. The van der Waals surface area contributed by atoms with E-state index in [9.17, 15) is 5.11 Å². The Morgan fingerprint density at radius 3 is 1.96 bits per heavy atom. The molecule has 5 heteroatoms. The fourth-order valence-corrected chi connectivity index (χ4v) is 7.22. The summed E-state index contributed by atoms with van der Waals surface area (Å²) in [4.78, 5) is 10.2. The Kier molecular flexibility index (Phi) is 9.94. The molecule has 8 aromatic rings. The first kappa shape index (κ1) is 37.0. The number of imidazole rings is 1. The summed E-state index contributed by atoms with van der Waals surface area (Å²) in [6, 6.07) is 50.2. The number of rotatable bonds is 6. The zero-order chi connectivity index (χ0) is 36.9. The molecule has 1 N–H and O–H groups in total. The van der Waals surface area contributed by atoms with Crippen molar-refractivity contribution < 1.29 is 26.2 Å². The Bertz CT molecular complexity index is 2610. The predicted octanol–water partition coefficient (Wildman–Crippen LogP) is 12.3. The van der Waals surface area contributed by atoms with Gasteiger partial charge in [-0.1, -0.05) is 138 Å². The van der Waals surface area contributed by atoms with Crippen LogP contribution in [-0.4, -0.2) is 19.6 Å². The number of pyridine rings is 1. The minimum absolute atomic E-state index is 0. The number of aromatic hydroxyl groups is 1. The molecule has 272 valence electrons. The minimum atomic E-state index is -0.0494. The van der Waals surface area contributed by atoms with Crippen LogP contribution in [0.5, 0.6) is 5.75 Å². The van der Waals surface area contributed by atoms with Gasteiger partial charge in [-0.2, -0.15) is 0 Å². The molecular weight excluding hydrogens is 842 g/mol. The van der Waals surface area contributed by atoms with Gasteiger partial charge < -0.3 is 5.11 Å². The molecule has 6 aromatic carbocycles.